The second kappa shape index (κ2) is 16.3. The van der Waals surface area contributed by atoms with Crippen molar-refractivity contribution in [3.05, 3.63) is 36.9 Å². The summed E-state index contributed by atoms with van der Waals surface area (Å²) >= 11 is 0. The number of ketones is 2. The van der Waals surface area contributed by atoms with E-state index in [-0.39, 0.29) is 11.6 Å². The monoisotopic (exact) mass is 408 g/mol. The van der Waals surface area contributed by atoms with E-state index in [1.807, 2.05) is 13.8 Å². The number of aryl methyl sites for hydroxylation is 2. The number of nitrogens with zero attached hydrogens (tertiary/aromatic N) is 6. The van der Waals surface area contributed by atoms with Gasteiger partial charge in [-0.15, -0.1) is 16.8 Å². The molecule has 2 heterocycles. The summed E-state index contributed by atoms with van der Waals surface area (Å²) in [6.07, 6.45) is 7.73. The summed E-state index contributed by atoms with van der Waals surface area (Å²) in [5, 5.41) is 23.1. The average Bonchev–Trinajstić information content (AvgIpc) is 3.23. The molecule has 29 heavy (non-hydrogen) atoms. The van der Waals surface area contributed by atoms with Crippen LogP contribution in [0.1, 0.15) is 61.3 Å². The highest BCUT2D eigenvalue weighted by molar-refractivity contribution is 5.75. The van der Waals surface area contributed by atoms with E-state index in [4.69, 9.17) is 5.11 Å². The fourth-order valence-corrected chi connectivity index (χ4v) is 1.25. The van der Waals surface area contributed by atoms with Crippen LogP contribution in [0, 0.1) is 0 Å². The van der Waals surface area contributed by atoms with Crippen molar-refractivity contribution >= 4 is 11.6 Å². The Morgan fingerprint density at radius 1 is 0.862 bits per heavy atom. The predicted molar refractivity (Wildman–Crippen MR) is 113 cm³/mol. The molecule has 2 rings (SSSR count). The van der Waals surface area contributed by atoms with Crippen LogP contribution in [-0.4, -0.2) is 52.3 Å². The van der Waals surface area contributed by atoms with Crippen molar-refractivity contribution in [2.75, 3.05) is 0 Å². The number of rotatable bonds is 6. The molecule has 0 fully saturated rings. The highest BCUT2D eigenvalue weighted by Gasteiger charge is 1.98. The SMILES string of the molecule is C=C(C)C.CC(=O)CCn1ccnn1.CC(=O)CCn1ccnn1.CC(C)(C)O. The highest BCUT2D eigenvalue weighted by atomic mass is 16.3. The van der Waals surface area contributed by atoms with E-state index in [2.05, 4.69) is 27.2 Å². The van der Waals surface area contributed by atoms with Crippen LogP contribution >= 0.6 is 0 Å². The topological polar surface area (TPSA) is 116 Å². The zero-order valence-electron chi connectivity index (χ0n) is 18.8. The minimum Gasteiger partial charge on any atom is -0.391 e. The van der Waals surface area contributed by atoms with Crippen molar-refractivity contribution in [3.63, 3.8) is 0 Å². The third-order valence-corrected chi connectivity index (χ3v) is 2.33. The molecule has 0 radical (unpaired) electrons. The Balaban J connectivity index is 0. The van der Waals surface area contributed by atoms with Crippen LogP contribution < -0.4 is 0 Å². The van der Waals surface area contributed by atoms with Gasteiger partial charge in [0.1, 0.15) is 11.6 Å². The van der Waals surface area contributed by atoms with E-state index in [0.717, 1.165) is 0 Å². The van der Waals surface area contributed by atoms with Crippen molar-refractivity contribution < 1.29 is 14.7 Å². The minimum absolute atomic E-state index is 0.176. The molecule has 0 spiro atoms. The zero-order chi connectivity index (χ0) is 22.9. The molecular weight excluding hydrogens is 372 g/mol. The normalized spacial score (nSPS) is 9.66. The Bertz CT molecular complexity index is 615. The third kappa shape index (κ3) is 30.3. The van der Waals surface area contributed by atoms with Crippen LogP contribution in [0.3, 0.4) is 0 Å². The minimum atomic E-state index is -0.500. The molecule has 164 valence electrons. The van der Waals surface area contributed by atoms with Gasteiger partial charge in [0.25, 0.3) is 0 Å². The highest BCUT2D eigenvalue weighted by Crippen LogP contribution is 1.93. The van der Waals surface area contributed by atoms with Gasteiger partial charge >= 0.3 is 0 Å². The first-order chi connectivity index (χ1) is 13.3. The molecule has 1 N–H and O–H groups in total. The molecule has 0 aromatic carbocycles. The molecule has 0 aliphatic heterocycles. The smallest absolute Gasteiger partial charge is 0.131 e. The van der Waals surface area contributed by atoms with Crippen molar-refractivity contribution in [2.45, 2.75) is 80.0 Å². The van der Waals surface area contributed by atoms with Crippen LogP contribution in [-0.2, 0) is 22.7 Å². The lowest BCUT2D eigenvalue weighted by Crippen LogP contribution is -2.10. The molecule has 0 amide bonds. The Morgan fingerprint density at radius 2 is 1.14 bits per heavy atom. The second-order valence-corrected chi connectivity index (χ2v) is 7.61. The maximum atomic E-state index is 10.5. The Hall–Kier alpha value is -2.68. The fourth-order valence-electron chi connectivity index (χ4n) is 1.25. The van der Waals surface area contributed by atoms with Gasteiger partial charge in [0.2, 0.25) is 0 Å². The van der Waals surface area contributed by atoms with Crippen LogP contribution in [0.2, 0.25) is 0 Å². The summed E-state index contributed by atoms with van der Waals surface area (Å²) in [5.74, 6) is 0.353. The molecule has 0 bridgehead atoms. The van der Waals surface area contributed by atoms with E-state index in [1.54, 1.807) is 68.8 Å². The van der Waals surface area contributed by atoms with Crippen LogP contribution in [0.4, 0.5) is 0 Å². The Labute approximate surface area is 173 Å². The number of aliphatic hydroxyl groups is 1. The molecule has 2 aromatic rings. The third-order valence-electron chi connectivity index (χ3n) is 2.33. The van der Waals surface area contributed by atoms with E-state index in [1.165, 1.54) is 5.57 Å². The molecule has 0 aliphatic rings. The largest absolute Gasteiger partial charge is 0.391 e. The molecule has 9 nitrogen and oxygen atoms in total. The molecule has 0 aliphatic carbocycles. The van der Waals surface area contributed by atoms with Crippen LogP contribution in [0.5, 0.6) is 0 Å². The van der Waals surface area contributed by atoms with Gasteiger partial charge in [0.05, 0.1) is 18.0 Å². The average molecular weight is 409 g/mol. The Morgan fingerprint density at radius 3 is 1.31 bits per heavy atom. The van der Waals surface area contributed by atoms with E-state index in [9.17, 15) is 9.59 Å². The molecule has 2 aromatic heterocycles. The summed E-state index contributed by atoms with van der Waals surface area (Å²) in [5.41, 5.74) is 0.667. The number of Topliss-reactive ketones (excluding diaryl/α,β-unsaturated/α-hetero) is 2. The van der Waals surface area contributed by atoms with Gasteiger partial charge < -0.3 is 5.11 Å². The number of carbonyl (C=O) groups is 2. The van der Waals surface area contributed by atoms with E-state index in [0.29, 0.717) is 25.9 Å². The number of allylic oxidation sites excluding steroid dienone is 1. The summed E-state index contributed by atoms with van der Waals surface area (Å²) in [6, 6.07) is 0. The van der Waals surface area contributed by atoms with Crippen LogP contribution in [0.25, 0.3) is 0 Å². The molecular formula is C20H36N6O3. The summed E-state index contributed by atoms with van der Waals surface area (Å²) < 4.78 is 3.28. The maximum Gasteiger partial charge on any atom is 0.131 e. The summed E-state index contributed by atoms with van der Waals surface area (Å²) in [7, 11) is 0. The van der Waals surface area contributed by atoms with Crippen LogP contribution in [0.15, 0.2) is 36.9 Å². The first-order valence-electron chi connectivity index (χ1n) is 9.32. The quantitative estimate of drug-likeness (QED) is 0.731. The van der Waals surface area contributed by atoms with Gasteiger partial charge in [-0.25, -0.2) is 0 Å². The lowest BCUT2D eigenvalue weighted by molar-refractivity contribution is -0.118. The van der Waals surface area contributed by atoms with Gasteiger partial charge in [-0.2, -0.15) is 0 Å². The number of hydrogen-bond acceptors (Lipinski definition) is 7. The number of aromatic nitrogens is 6. The van der Waals surface area contributed by atoms with E-state index >= 15 is 0 Å². The molecule has 0 atom stereocenters. The molecule has 0 saturated heterocycles. The predicted octanol–water partition coefficient (Wildman–Crippen LogP) is 2.87. The summed E-state index contributed by atoms with van der Waals surface area (Å²) in [4.78, 5) is 21.0. The maximum absolute atomic E-state index is 10.5. The standard InChI is InChI=1S/2C6H9N3O.C4H10O.C4H8/c2*1-6(10)2-4-9-5-3-7-8-9;1-4(2,3)5;1-4(2)3/h2*3,5H,2,4H2,1H3;5H,1-3H3;1H2,2-3H3. The van der Waals surface area contributed by atoms with Gasteiger partial charge in [-0.05, 0) is 48.5 Å². The van der Waals surface area contributed by atoms with Gasteiger partial charge in [-0.1, -0.05) is 16.0 Å². The van der Waals surface area contributed by atoms with Gasteiger partial charge in [-0.3, -0.25) is 19.0 Å². The second-order valence-electron chi connectivity index (χ2n) is 7.61. The Kier molecular flexibility index (Phi) is 16.0. The lowest BCUT2D eigenvalue weighted by Gasteiger charge is -2.04. The molecule has 0 saturated carbocycles. The molecule has 9 heteroatoms. The van der Waals surface area contributed by atoms with Crippen molar-refractivity contribution in [1.29, 1.82) is 0 Å². The first kappa shape index (κ1) is 28.5. The molecule has 0 unspecified atom stereocenters. The van der Waals surface area contributed by atoms with E-state index < -0.39 is 5.60 Å². The summed E-state index contributed by atoms with van der Waals surface area (Å²) in [6.45, 7) is 17.1. The zero-order valence-corrected chi connectivity index (χ0v) is 18.8. The van der Waals surface area contributed by atoms with Crippen molar-refractivity contribution in [3.8, 4) is 0 Å². The van der Waals surface area contributed by atoms with Crippen molar-refractivity contribution in [2.24, 2.45) is 0 Å². The number of carbonyl (C=O) groups excluding carboxylic acids is 2. The number of hydrogen-bond donors (Lipinski definition) is 1. The van der Waals surface area contributed by atoms with Crippen molar-refractivity contribution in [1.82, 2.24) is 30.0 Å². The van der Waals surface area contributed by atoms with Gasteiger partial charge in [0.15, 0.2) is 0 Å². The lowest BCUT2D eigenvalue weighted by atomic mass is 10.2. The fraction of sp³-hybridized carbons (Fsp3) is 0.600. The first-order valence-corrected chi connectivity index (χ1v) is 9.32. The van der Waals surface area contributed by atoms with Gasteiger partial charge in [0, 0.05) is 38.3 Å².